The zero-order chi connectivity index (χ0) is 14.9. The van der Waals surface area contributed by atoms with Crippen molar-refractivity contribution in [2.45, 2.75) is 6.92 Å². The topological polar surface area (TPSA) is 51.1 Å². The molecular formula is C16H20N2O3. The molecule has 0 amide bonds. The van der Waals surface area contributed by atoms with Gasteiger partial charge in [0.25, 0.3) is 0 Å². The molecule has 0 bridgehead atoms. The average molecular weight is 288 g/mol. The summed E-state index contributed by atoms with van der Waals surface area (Å²) < 4.78 is 10.5. The van der Waals surface area contributed by atoms with E-state index in [0.717, 1.165) is 18.8 Å². The van der Waals surface area contributed by atoms with Gasteiger partial charge < -0.3 is 9.47 Å². The summed E-state index contributed by atoms with van der Waals surface area (Å²) in [4.78, 5) is 11.2. The molecule has 112 valence electrons. The minimum Gasteiger partial charge on any atom is -0.492 e. The van der Waals surface area contributed by atoms with Gasteiger partial charge in [-0.05, 0) is 19.1 Å². The predicted molar refractivity (Wildman–Crippen MR) is 81.3 cm³/mol. The van der Waals surface area contributed by atoms with E-state index in [1.165, 1.54) is 6.08 Å². The highest BCUT2D eigenvalue weighted by atomic mass is 16.5. The lowest BCUT2D eigenvalue weighted by Gasteiger charge is -2.15. The molecule has 21 heavy (non-hydrogen) atoms. The van der Waals surface area contributed by atoms with Gasteiger partial charge in [-0.15, -0.1) is 0 Å². The van der Waals surface area contributed by atoms with E-state index in [1.54, 1.807) is 6.92 Å². The van der Waals surface area contributed by atoms with Crippen LogP contribution in [0, 0.1) is 5.92 Å². The molecule has 0 fully saturated rings. The second-order valence-corrected chi connectivity index (χ2v) is 4.61. The Morgan fingerprint density at radius 2 is 2.24 bits per heavy atom. The molecule has 0 saturated carbocycles. The Bertz CT molecular complexity index is 500. The van der Waals surface area contributed by atoms with E-state index in [2.05, 4.69) is 5.10 Å². The number of carbonyl (C=O) groups excluding carboxylic acids is 1. The van der Waals surface area contributed by atoms with Crippen molar-refractivity contribution in [2.24, 2.45) is 11.0 Å². The summed E-state index contributed by atoms with van der Waals surface area (Å²) in [5, 5.41) is 6.23. The average Bonchev–Trinajstić information content (AvgIpc) is 2.95. The van der Waals surface area contributed by atoms with Crippen molar-refractivity contribution >= 4 is 12.2 Å². The molecule has 0 radical (unpaired) electrons. The van der Waals surface area contributed by atoms with E-state index in [1.807, 2.05) is 47.6 Å². The first kappa shape index (κ1) is 15.1. The number of hydrazone groups is 1. The Labute approximate surface area is 124 Å². The number of nitrogens with zero attached hydrogens (tertiary/aromatic N) is 2. The molecule has 1 heterocycles. The van der Waals surface area contributed by atoms with Gasteiger partial charge in [0, 0.05) is 24.8 Å². The zero-order valence-electron chi connectivity index (χ0n) is 12.1. The molecule has 1 aromatic rings. The highest BCUT2D eigenvalue weighted by Crippen LogP contribution is 2.11. The van der Waals surface area contributed by atoms with Gasteiger partial charge in [-0.25, -0.2) is 4.79 Å². The van der Waals surface area contributed by atoms with Crippen molar-refractivity contribution in [3.63, 3.8) is 0 Å². The summed E-state index contributed by atoms with van der Waals surface area (Å²) in [5.74, 6) is 0.697. The van der Waals surface area contributed by atoms with Gasteiger partial charge in [-0.3, -0.25) is 5.01 Å². The third kappa shape index (κ3) is 5.30. The smallest absolute Gasteiger partial charge is 0.330 e. The van der Waals surface area contributed by atoms with Crippen LogP contribution < -0.4 is 4.74 Å². The highest BCUT2D eigenvalue weighted by Gasteiger charge is 2.15. The second kappa shape index (κ2) is 8.09. The van der Waals surface area contributed by atoms with Crippen LogP contribution in [-0.2, 0) is 9.53 Å². The molecule has 0 aromatic heterocycles. The minimum atomic E-state index is -0.309. The van der Waals surface area contributed by atoms with Crippen LogP contribution in [0.1, 0.15) is 6.92 Å². The van der Waals surface area contributed by atoms with Gasteiger partial charge in [-0.2, -0.15) is 5.10 Å². The lowest BCUT2D eigenvalue weighted by atomic mass is 10.1. The van der Waals surface area contributed by atoms with E-state index < -0.39 is 0 Å². The second-order valence-electron chi connectivity index (χ2n) is 4.61. The number of para-hydroxylation sites is 1. The van der Waals surface area contributed by atoms with Crippen LogP contribution in [0.25, 0.3) is 0 Å². The first-order valence-corrected chi connectivity index (χ1v) is 7.10. The van der Waals surface area contributed by atoms with Crippen molar-refractivity contribution < 1.29 is 14.3 Å². The van der Waals surface area contributed by atoms with Crippen molar-refractivity contribution in [2.75, 3.05) is 26.3 Å². The van der Waals surface area contributed by atoms with Gasteiger partial charge in [0.15, 0.2) is 0 Å². The maximum atomic E-state index is 11.2. The van der Waals surface area contributed by atoms with Crippen LogP contribution >= 0.6 is 0 Å². The Kier molecular flexibility index (Phi) is 5.82. The Morgan fingerprint density at radius 1 is 1.43 bits per heavy atom. The molecule has 0 spiro atoms. The molecule has 0 saturated heterocycles. The van der Waals surface area contributed by atoms with Crippen LogP contribution in [0.2, 0.25) is 0 Å². The molecule has 0 N–H and O–H groups in total. The number of hydrogen-bond acceptors (Lipinski definition) is 5. The van der Waals surface area contributed by atoms with Crippen LogP contribution in [0.3, 0.4) is 0 Å². The van der Waals surface area contributed by atoms with Crippen molar-refractivity contribution in [3.8, 4) is 5.75 Å². The summed E-state index contributed by atoms with van der Waals surface area (Å²) in [7, 11) is 0. The summed E-state index contributed by atoms with van der Waals surface area (Å²) in [6.45, 7) is 4.24. The first-order chi connectivity index (χ1) is 10.3. The molecular weight excluding hydrogens is 268 g/mol. The Hall–Kier alpha value is -2.30. The van der Waals surface area contributed by atoms with Crippen molar-refractivity contribution in [3.05, 3.63) is 42.5 Å². The largest absolute Gasteiger partial charge is 0.492 e. The molecule has 5 heteroatoms. The Morgan fingerprint density at radius 3 is 3.00 bits per heavy atom. The number of rotatable bonds is 7. The monoisotopic (exact) mass is 288 g/mol. The van der Waals surface area contributed by atoms with E-state index in [9.17, 15) is 4.79 Å². The fourth-order valence-corrected chi connectivity index (χ4v) is 1.96. The third-order valence-electron chi connectivity index (χ3n) is 2.97. The van der Waals surface area contributed by atoms with Gasteiger partial charge >= 0.3 is 5.97 Å². The predicted octanol–water partition coefficient (Wildman–Crippen LogP) is 2.10. The van der Waals surface area contributed by atoms with Gasteiger partial charge in [0.05, 0.1) is 13.2 Å². The standard InChI is InChI=1S/C16H20N2O3/c1-2-20-16(19)9-8-14-12-17-18(13-14)10-11-21-15-6-4-3-5-7-15/h3-9,12,14H,2,10-11,13H2,1H3/b9-8+. The quantitative estimate of drug-likeness (QED) is 0.569. The number of ether oxygens (including phenoxy) is 2. The number of esters is 1. The third-order valence-corrected chi connectivity index (χ3v) is 2.97. The number of hydrogen-bond donors (Lipinski definition) is 0. The van der Waals surface area contributed by atoms with Gasteiger partial charge in [-0.1, -0.05) is 24.3 Å². The van der Waals surface area contributed by atoms with E-state index in [4.69, 9.17) is 9.47 Å². The number of carbonyl (C=O) groups is 1. The van der Waals surface area contributed by atoms with E-state index in [0.29, 0.717) is 13.2 Å². The summed E-state index contributed by atoms with van der Waals surface area (Å²) >= 11 is 0. The van der Waals surface area contributed by atoms with Crippen molar-refractivity contribution in [1.29, 1.82) is 0 Å². The Balaban J connectivity index is 1.66. The molecule has 1 aromatic carbocycles. The van der Waals surface area contributed by atoms with Crippen molar-refractivity contribution in [1.82, 2.24) is 5.01 Å². The fourth-order valence-electron chi connectivity index (χ4n) is 1.96. The molecule has 1 unspecified atom stereocenters. The van der Waals surface area contributed by atoms with Crippen LogP contribution in [0.5, 0.6) is 5.75 Å². The SMILES string of the molecule is CCOC(=O)/C=C/C1C=NN(CCOc2ccccc2)C1. The molecule has 1 aliphatic heterocycles. The van der Waals surface area contributed by atoms with Gasteiger partial charge in [0.2, 0.25) is 0 Å². The molecule has 0 aliphatic carbocycles. The van der Waals surface area contributed by atoms with E-state index >= 15 is 0 Å². The summed E-state index contributed by atoms with van der Waals surface area (Å²) in [6.07, 6.45) is 5.11. The number of benzene rings is 1. The summed E-state index contributed by atoms with van der Waals surface area (Å²) in [6, 6.07) is 9.70. The van der Waals surface area contributed by atoms with Crippen LogP contribution in [-0.4, -0.2) is 43.5 Å². The minimum absolute atomic E-state index is 0.145. The molecule has 1 atom stereocenters. The first-order valence-electron chi connectivity index (χ1n) is 7.10. The zero-order valence-corrected chi connectivity index (χ0v) is 12.1. The molecule has 1 aliphatic rings. The summed E-state index contributed by atoms with van der Waals surface area (Å²) in [5.41, 5.74) is 0. The highest BCUT2D eigenvalue weighted by molar-refractivity contribution is 5.82. The molecule has 2 rings (SSSR count). The van der Waals surface area contributed by atoms with Gasteiger partial charge in [0.1, 0.15) is 12.4 Å². The molecule has 5 nitrogen and oxygen atoms in total. The van der Waals surface area contributed by atoms with Crippen LogP contribution in [0.15, 0.2) is 47.6 Å². The maximum absolute atomic E-state index is 11.2. The normalized spacial score (nSPS) is 17.4. The lowest BCUT2D eigenvalue weighted by Crippen LogP contribution is -2.23. The van der Waals surface area contributed by atoms with E-state index in [-0.39, 0.29) is 11.9 Å². The maximum Gasteiger partial charge on any atom is 0.330 e. The lowest BCUT2D eigenvalue weighted by molar-refractivity contribution is -0.137. The fraction of sp³-hybridized carbons (Fsp3) is 0.375. The van der Waals surface area contributed by atoms with Crippen LogP contribution in [0.4, 0.5) is 0 Å².